The molecule has 0 radical (unpaired) electrons. The number of hydrogen-bond donors (Lipinski definition) is 1. The first-order valence-electron chi connectivity index (χ1n) is 8.25. The van der Waals surface area contributed by atoms with Crippen LogP contribution in [0.25, 0.3) is 0 Å². The third-order valence-corrected chi connectivity index (χ3v) is 5.83. The van der Waals surface area contributed by atoms with Gasteiger partial charge in [-0.2, -0.15) is 0 Å². The average Bonchev–Trinajstić information content (AvgIpc) is 2.91. The van der Waals surface area contributed by atoms with Gasteiger partial charge in [-0.25, -0.2) is 0 Å². The molecule has 0 bridgehead atoms. The highest BCUT2D eigenvalue weighted by atomic mass is 16.5. The lowest BCUT2D eigenvalue weighted by Crippen LogP contribution is -2.55. The Labute approximate surface area is 122 Å². The zero-order valence-electron chi connectivity index (χ0n) is 12.7. The number of carbonyl (C=O) groups excluding carboxylic acids is 1. The van der Waals surface area contributed by atoms with Crippen molar-refractivity contribution in [2.24, 2.45) is 5.41 Å². The van der Waals surface area contributed by atoms with E-state index in [0.717, 1.165) is 39.0 Å². The van der Waals surface area contributed by atoms with E-state index in [1.54, 1.807) is 7.11 Å². The second kappa shape index (κ2) is 5.64. The summed E-state index contributed by atoms with van der Waals surface area (Å²) in [4.78, 5) is 15.1. The average molecular weight is 280 g/mol. The molecule has 4 heteroatoms. The molecule has 1 saturated carbocycles. The number of methoxy groups -OCH3 is 1. The van der Waals surface area contributed by atoms with Crippen LogP contribution >= 0.6 is 0 Å². The molecule has 3 aliphatic rings. The van der Waals surface area contributed by atoms with Gasteiger partial charge in [-0.15, -0.1) is 0 Å². The number of amides is 1. The van der Waals surface area contributed by atoms with E-state index < -0.39 is 5.60 Å². The summed E-state index contributed by atoms with van der Waals surface area (Å²) in [6, 6.07) is 0. The van der Waals surface area contributed by atoms with Gasteiger partial charge in [0.15, 0.2) is 0 Å². The van der Waals surface area contributed by atoms with E-state index in [2.05, 4.69) is 10.2 Å². The summed E-state index contributed by atoms with van der Waals surface area (Å²) in [6.07, 6.45) is 9.54. The molecule has 4 nitrogen and oxygen atoms in total. The van der Waals surface area contributed by atoms with Crippen LogP contribution in [0.15, 0.2) is 0 Å². The Morgan fingerprint density at radius 2 is 1.75 bits per heavy atom. The number of nitrogens with zero attached hydrogens (tertiary/aromatic N) is 1. The quantitative estimate of drug-likeness (QED) is 0.840. The Morgan fingerprint density at radius 3 is 2.40 bits per heavy atom. The maximum Gasteiger partial charge on any atom is 0.254 e. The van der Waals surface area contributed by atoms with Crippen LogP contribution in [0.3, 0.4) is 0 Å². The second-order valence-corrected chi connectivity index (χ2v) is 6.99. The molecule has 1 aliphatic carbocycles. The molecule has 1 spiro atoms. The molecule has 114 valence electrons. The van der Waals surface area contributed by atoms with Crippen molar-refractivity contribution in [1.29, 1.82) is 0 Å². The lowest BCUT2D eigenvalue weighted by atomic mass is 9.73. The van der Waals surface area contributed by atoms with Crippen LogP contribution in [0.2, 0.25) is 0 Å². The summed E-state index contributed by atoms with van der Waals surface area (Å²) >= 11 is 0. The fourth-order valence-corrected chi connectivity index (χ4v) is 4.44. The molecular weight excluding hydrogens is 252 g/mol. The summed E-state index contributed by atoms with van der Waals surface area (Å²) < 4.78 is 5.70. The summed E-state index contributed by atoms with van der Waals surface area (Å²) in [5.41, 5.74) is -0.110. The van der Waals surface area contributed by atoms with Crippen molar-refractivity contribution < 1.29 is 9.53 Å². The van der Waals surface area contributed by atoms with Gasteiger partial charge in [0.25, 0.3) is 5.91 Å². The van der Waals surface area contributed by atoms with Crippen molar-refractivity contribution in [3.8, 4) is 0 Å². The summed E-state index contributed by atoms with van der Waals surface area (Å²) in [5, 5.41) is 3.33. The van der Waals surface area contributed by atoms with E-state index >= 15 is 0 Å². The van der Waals surface area contributed by atoms with Gasteiger partial charge in [0.1, 0.15) is 5.60 Å². The Balaban J connectivity index is 1.68. The Kier molecular flexibility index (Phi) is 4.04. The standard InChI is InChI=1S/C16H28N2O2/c1-20-16(7-10-17-11-8-16)14(19)18-12-9-15(13-18)5-3-2-4-6-15/h17H,2-13H2,1H3. The molecule has 2 aliphatic heterocycles. The van der Waals surface area contributed by atoms with Crippen molar-refractivity contribution in [2.75, 3.05) is 33.3 Å². The Hall–Kier alpha value is -0.610. The number of rotatable bonds is 2. The minimum Gasteiger partial charge on any atom is -0.368 e. The highest BCUT2D eigenvalue weighted by Gasteiger charge is 2.47. The molecular formula is C16H28N2O2. The van der Waals surface area contributed by atoms with Crippen LogP contribution in [-0.4, -0.2) is 49.7 Å². The van der Waals surface area contributed by atoms with Crippen LogP contribution in [0.1, 0.15) is 51.4 Å². The van der Waals surface area contributed by atoms with Crippen molar-refractivity contribution in [3.63, 3.8) is 0 Å². The number of piperidine rings is 1. The normalized spacial score (nSPS) is 28.8. The molecule has 3 fully saturated rings. The van der Waals surface area contributed by atoms with Crippen molar-refractivity contribution in [3.05, 3.63) is 0 Å². The van der Waals surface area contributed by atoms with Crippen LogP contribution in [-0.2, 0) is 9.53 Å². The van der Waals surface area contributed by atoms with Gasteiger partial charge in [-0.3, -0.25) is 4.79 Å². The molecule has 3 rings (SSSR count). The van der Waals surface area contributed by atoms with Crippen LogP contribution < -0.4 is 5.32 Å². The van der Waals surface area contributed by atoms with Crippen LogP contribution in [0.4, 0.5) is 0 Å². The summed E-state index contributed by atoms with van der Waals surface area (Å²) in [7, 11) is 1.70. The molecule has 0 aromatic carbocycles. The van der Waals surface area contributed by atoms with Gasteiger partial charge < -0.3 is 15.0 Å². The van der Waals surface area contributed by atoms with Gasteiger partial charge in [-0.05, 0) is 50.6 Å². The SMILES string of the molecule is COC1(C(=O)N2CCC3(CCCCC3)C2)CCNCC1. The molecule has 0 aromatic rings. The van der Waals surface area contributed by atoms with Crippen molar-refractivity contribution in [1.82, 2.24) is 10.2 Å². The van der Waals surface area contributed by atoms with E-state index in [4.69, 9.17) is 4.74 Å². The number of carbonyl (C=O) groups is 1. The zero-order chi connectivity index (χ0) is 14.1. The van der Waals surface area contributed by atoms with Crippen LogP contribution in [0.5, 0.6) is 0 Å². The van der Waals surface area contributed by atoms with Crippen LogP contribution in [0, 0.1) is 5.41 Å². The molecule has 1 N–H and O–H groups in total. The first-order valence-corrected chi connectivity index (χ1v) is 8.25. The monoisotopic (exact) mass is 280 g/mol. The number of nitrogens with one attached hydrogen (secondary N) is 1. The van der Waals surface area contributed by atoms with Crippen molar-refractivity contribution >= 4 is 5.91 Å². The number of hydrogen-bond acceptors (Lipinski definition) is 3. The molecule has 2 saturated heterocycles. The fraction of sp³-hybridized carbons (Fsp3) is 0.938. The Morgan fingerprint density at radius 1 is 1.05 bits per heavy atom. The number of ether oxygens (including phenoxy) is 1. The maximum absolute atomic E-state index is 13.0. The van der Waals surface area contributed by atoms with Gasteiger partial charge in [0.2, 0.25) is 0 Å². The topological polar surface area (TPSA) is 41.6 Å². The van der Waals surface area contributed by atoms with Gasteiger partial charge in [0.05, 0.1) is 0 Å². The molecule has 2 heterocycles. The predicted molar refractivity (Wildman–Crippen MR) is 78.6 cm³/mol. The third-order valence-electron chi connectivity index (χ3n) is 5.83. The largest absolute Gasteiger partial charge is 0.368 e. The van der Waals surface area contributed by atoms with Gasteiger partial charge >= 0.3 is 0 Å². The minimum atomic E-state index is -0.550. The first kappa shape index (κ1) is 14.3. The molecule has 0 aromatic heterocycles. The van der Waals surface area contributed by atoms with Crippen molar-refractivity contribution in [2.45, 2.75) is 57.0 Å². The molecule has 1 amide bonds. The van der Waals surface area contributed by atoms with Gasteiger partial charge in [-0.1, -0.05) is 19.3 Å². The first-order chi connectivity index (χ1) is 9.70. The third kappa shape index (κ3) is 2.48. The summed E-state index contributed by atoms with van der Waals surface area (Å²) in [5.74, 6) is 0.254. The van der Waals surface area contributed by atoms with E-state index in [9.17, 15) is 4.79 Å². The van der Waals surface area contributed by atoms with E-state index in [-0.39, 0.29) is 5.91 Å². The van der Waals surface area contributed by atoms with E-state index in [1.807, 2.05) is 0 Å². The Bertz CT molecular complexity index is 357. The molecule has 0 unspecified atom stereocenters. The van der Waals surface area contributed by atoms with E-state index in [1.165, 1.54) is 38.5 Å². The summed E-state index contributed by atoms with van der Waals surface area (Å²) in [6.45, 7) is 3.69. The van der Waals surface area contributed by atoms with E-state index in [0.29, 0.717) is 5.41 Å². The molecule has 0 atom stereocenters. The van der Waals surface area contributed by atoms with Gasteiger partial charge in [0, 0.05) is 20.2 Å². The zero-order valence-corrected chi connectivity index (χ0v) is 12.7. The highest BCUT2D eigenvalue weighted by Crippen LogP contribution is 2.44. The highest BCUT2D eigenvalue weighted by molar-refractivity contribution is 5.85. The smallest absolute Gasteiger partial charge is 0.254 e. The predicted octanol–water partition coefficient (Wildman–Crippen LogP) is 1.94. The maximum atomic E-state index is 13.0. The number of likely N-dealkylation sites (tertiary alicyclic amines) is 1. The minimum absolute atomic E-state index is 0.254. The lowest BCUT2D eigenvalue weighted by Gasteiger charge is -2.39. The fourth-order valence-electron chi connectivity index (χ4n) is 4.44. The second-order valence-electron chi connectivity index (χ2n) is 6.99. The molecule has 20 heavy (non-hydrogen) atoms. The lowest BCUT2D eigenvalue weighted by molar-refractivity contribution is -0.157.